The summed E-state index contributed by atoms with van der Waals surface area (Å²) in [5.74, 6) is -0.719. The first-order valence-corrected chi connectivity index (χ1v) is 10.9. The highest BCUT2D eigenvalue weighted by Crippen LogP contribution is 2.32. The highest BCUT2D eigenvalue weighted by Gasteiger charge is 2.30. The first kappa shape index (κ1) is 20.9. The van der Waals surface area contributed by atoms with Crippen molar-refractivity contribution in [1.82, 2.24) is 15.4 Å². The number of hydrogen-bond acceptors (Lipinski definition) is 4. The van der Waals surface area contributed by atoms with Crippen LogP contribution < -0.4 is 16.2 Å². The minimum absolute atomic E-state index is 0.00437. The van der Waals surface area contributed by atoms with Gasteiger partial charge in [0.15, 0.2) is 0 Å². The molecule has 0 spiro atoms. The van der Waals surface area contributed by atoms with Crippen molar-refractivity contribution in [2.75, 3.05) is 5.32 Å². The molecule has 1 saturated carbocycles. The van der Waals surface area contributed by atoms with E-state index in [0.717, 1.165) is 35.5 Å². The van der Waals surface area contributed by atoms with Gasteiger partial charge in [-0.3, -0.25) is 25.2 Å². The van der Waals surface area contributed by atoms with Crippen molar-refractivity contribution < 1.29 is 14.4 Å². The standard InChI is InChI=1S/C23H24N4O3S/c1-13-11-19(24-21(28)16-9-10-16)31-20(13)23(30)26-25-22(29)18-12-14(2)27(15(18)3)17-7-5-4-6-8-17/h4-8,11-12,16H,9-10H2,1-3H3,(H,24,28)(H,25,29)(H,26,30). The summed E-state index contributed by atoms with van der Waals surface area (Å²) in [4.78, 5) is 37.7. The molecule has 3 aromatic rings. The van der Waals surface area contributed by atoms with Gasteiger partial charge in [-0.25, -0.2) is 0 Å². The summed E-state index contributed by atoms with van der Waals surface area (Å²) in [6.45, 7) is 5.60. The first-order valence-electron chi connectivity index (χ1n) is 10.1. The van der Waals surface area contributed by atoms with Crippen LogP contribution in [0.25, 0.3) is 5.69 Å². The molecule has 1 aliphatic carbocycles. The number of rotatable bonds is 5. The minimum atomic E-state index is -0.417. The molecule has 31 heavy (non-hydrogen) atoms. The molecule has 3 N–H and O–H groups in total. The molecule has 0 unspecified atom stereocenters. The zero-order valence-electron chi connectivity index (χ0n) is 17.6. The quantitative estimate of drug-likeness (QED) is 0.530. The van der Waals surface area contributed by atoms with Gasteiger partial charge in [-0.1, -0.05) is 18.2 Å². The molecule has 0 aliphatic heterocycles. The summed E-state index contributed by atoms with van der Waals surface area (Å²) in [7, 11) is 0. The molecule has 2 heterocycles. The predicted octanol–water partition coefficient (Wildman–Crippen LogP) is 3.89. The van der Waals surface area contributed by atoms with Crippen LogP contribution in [-0.2, 0) is 4.79 Å². The van der Waals surface area contributed by atoms with E-state index in [0.29, 0.717) is 15.4 Å². The van der Waals surface area contributed by atoms with Crippen LogP contribution in [0.1, 0.15) is 49.8 Å². The summed E-state index contributed by atoms with van der Waals surface area (Å²) >= 11 is 1.20. The van der Waals surface area contributed by atoms with E-state index >= 15 is 0 Å². The second kappa shape index (κ2) is 8.39. The van der Waals surface area contributed by atoms with Crippen molar-refractivity contribution in [2.24, 2.45) is 5.92 Å². The second-order valence-electron chi connectivity index (χ2n) is 7.75. The molecule has 2 aromatic heterocycles. The summed E-state index contributed by atoms with van der Waals surface area (Å²) in [5.41, 5.74) is 8.89. The van der Waals surface area contributed by atoms with Crippen LogP contribution in [0.5, 0.6) is 0 Å². The Morgan fingerprint density at radius 1 is 0.968 bits per heavy atom. The Morgan fingerprint density at radius 2 is 1.65 bits per heavy atom. The van der Waals surface area contributed by atoms with Gasteiger partial charge in [0, 0.05) is 23.0 Å². The van der Waals surface area contributed by atoms with E-state index < -0.39 is 5.91 Å². The summed E-state index contributed by atoms with van der Waals surface area (Å²) in [5, 5.41) is 3.49. The molecule has 0 radical (unpaired) electrons. The Kier molecular flexibility index (Phi) is 5.65. The van der Waals surface area contributed by atoms with Crippen LogP contribution in [0.15, 0.2) is 42.5 Å². The lowest BCUT2D eigenvalue weighted by atomic mass is 10.2. The van der Waals surface area contributed by atoms with Crippen LogP contribution in [0.3, 0.4) is 0 Å². The molecule has 1 aromatic carbocycles. The van der Waals surface area contributed by atoms with E-state index in [4.69, 9.17) is 0 Å². The number of aryl methyl sites for hydroxylation is 2. The number of hydrogen-bond donors (Lipinski definition) is 3. The van der Waals surface area contributed by atoms with Crippen molar-refractivity contribution >= 4 is 34.1 Å². The van der Waals surface area contributed by atoms with Gasteiger partial charge in [0.2, 0.25) is 5.91 Å². The third kappa shape index (κ3) is 4.39. The van der Waals surface area contributed by atoms with Crippen LogP contribution in [0.2, 0.25) is 0 Å². The maximum Gasteiger partial charge on any atom is 0.280 e. The number of benzene rings is 1. The number of carbonyl (C=O) groups is 3. The van der Waals surface area contributed by atoms with Gasteiger partial charge in [0.1, 0.15) is 0 Å². The fraction of sp³-hybridized carbons (Fsp3) is 0.261. The van der Waals surface area contributed by atoms with E-state index in [9.17, 15) is 14.4 Å². The summed E-state index contributed by atoms with van der Waals surface area (Å²) < 4.78 is 2.00. The molecule has 8 heteroatoms. The lowest BCUT2D eigenvalue weighted by Crippen LogP contribution is -2.41. The molecule has 1 aliphatic rings. The Hall–Kier alpha value is -3.39. The molecule has 7 nitrogen and oxygen atoms in total. The molecular formula is C23H24N4O3S. The number of anilines is 1. The third-order valence-electron chi connectivity index (χ3n) is 5.30. The SMILES string of the molecule is Cc1cc(NC(=O)C2CC2)sc1C(=O)NNC(=O)c1cc(C)n(-c2ccccc2)c1C. The zero-order chi connectivity index (χ0) is 22.1. The molecule has 0 bridgehead atoms. The number of carbonyl (C=O) groups excluding carboxylic acids is 3. The highest BCUT2D eigenvalue weighted by molar-refractivity contribution is 7.18. The molecular weight excluding hydrogens is 412 g/mol. The number of hydrazine groups is 1. The molecule has 1 fully saturated rings. The van der Waals surface area contributed by atoms with E-state index in [1.54, 1.807) is 19.1 Å². The molecule has 0 atom stereocenters. The van der Waals surface area contributed by atoms with Gasteiger partial charge >= 0.3 is 0 Å². The number of nitrogens with zero attached hydrogens (tertiary/aromatic N) is 1. The third-order valence-corrected chi connectivity index (χ3v) is 6.45. The van der Waals surface area contributed by atoms with E-state index in [1.807, 2.05) is 48.7 Å². The largest absolute Gasteiger partial charge is 0.318 e. The van der Waals surface area contributed by atoms with Crippen LogP contribution in [0.4, 0.5) is 5.00 Å². The normalized spacial score (nSPS) is 13.0. The van der Waals surface area contributed by atoms with Crippen LogP contribution >= 0.6 is 11.3 Å². The summed E-state index contributed by atoms with van der Waals surface area (Å²) in [6, 6.07) is 13.3. The van der Waals surface area contributed by atoms with Gasteiger partial charge in [-0.05, 0) is 63.4 Å². The maximum absolute atomic E-state index is 12.7. The summed E-state index contributed by atoms with van der Waals surface area (Å²) in [6.07, 6.45) is 1.83. The van der Waals surface area contributed by atoms with Crippen LogP contribution in [0, 0.1) is 26.7 Å². The molecule has 0 saturated heterocycles. The van der Waals surface area contributed by atoms with Crippen molar-refractivity contribution in [3.63, 3.8) is 0 Å². The average molecular weight is 437 g/mol. The van der Waals surface area contributed by atoms with Crippen molar-refractivity contribution in [1.29, 1.82) is 0 Å². The van der Waals surface area contributed by atoms with Crippen molar-refractivity contribution in [3.05, 3.63) is 69.9 Å². The molecule has 160 valence electrons. The zero-order valence-corrected chi connectivity index (χ0v) is 18.4. The van der Waals surface area contributed by atoms with Gasteiger partial charge in [0.25, 0.3) is 11.8 Å². The maximum atomic E-state index is 12.7. The smallest absolute Gasteiger partial charge is 0.280 e. The second-order valence-corrected chi connectivity index (χ2v) is 8.80. The number of thiophene rings is 1. The van der Waals surface area contributed by atoms with Crippen molar-refractivity contribution in [3.8, 4) is 5.69 Å². The monoisotopic (exact) mass is 436 g/mol. The van der Waals surface area contributed by atoms with Gasteiger partial charge in [0.05, 0.1) is 15.4 Å². The molecule has 4 rings (SSSR count). The Labute approximate surface area is 184 Å². The number of aromatic nitrogens is 1. The number of amides is 3. The van der Waals surface area contributed by atoms with Crippen LogP contribution in [-0.4, -0.2) is 22.3 Å². The topological polar surface area (TPSA) is 92.2 Å². The minimum Gasteiger partial charge on any atom is -0.318 e. The number of para-hydroxylation sites is 1. The van der Waals surface area contributed by atoms with E-state index in [1.165, 1.54) is 11.3 Å². The van der Waals surface area contributed by atoms with E-state index in [2.05, 4.69) is 16.2 Å². The van der Waals surface area contributed by atoms with Gasteiger partial charge in [-0.2, -0.15) is 0 Å². The predicted molar refractivity (Wildman–Crippen MR) is 121 cm³/mol. The Bertz CT molecular complexity index is 1160. The lowest BCUT2D eigenvalue weighted by Gasteiger charge is -2.10. The van der Waals surface area contributed by atoms with Gasteiger partial charge in [-0.15, -0.1) is 11.3 Å². The fourth-order valence-electron chi connectivity index (χ4n) is 3.54. The van der Waals surface area contributed by atoms with E-state index in [-0.39, 0.29) is 17.7 Å². The average Bonchev–Trinajstić information content (AvgIpc) is 3.48. The number of nitrogens with one attached hydrogen (secondary N) is 3. The van der Waals surface area contributed by atoms with Crippen molar-refractivity contribution in [2.45, 2.75) is 33.6 Å². The lowest BCUT2D eigenvalue weighted by molar-refractivity contribution is -0.117. The fourth-order valence-corrected chi connectivity index (χ4v) is 4.51. The Morgan fingerprint density at radius 3 is 2.32 bits per heavy atom. The highest BCUT2D eigenvalue weighted by atomic mass is 32.1. The first-order chi connectivity index (χ1) is 14.8. The molecule has 3 amide bonds. The Balaban J connectivity index is 1.43. The van der Waals surface area contributed by atoms with Gasteiger partial charge < -0.3 is 9.88 Å².